The number of nitrogens with zero attached hydrogens (tertiary/aromatic N) is 2. The van der Waals surface area contributed by atoms with Crippen LogP contribution in [0.15, 0.2) is 0 Å². The van der Waals surface area contributed by atoms with Crippen molar-refractivity contribution in [1.29, 1.82) is 0 Å². The summed E-state index contributed by atoms with van der Waals surface area (Å²) in [5.74, 6) is 0.198. The van der Waals surface area contributed by atoms with Gasteiger partial charge in [0.15, 0.2) is 0 Å². The minimum absolute atomic E-state index is 0.198. The highest BCUT2D eigenvalue weighted by Crippen LogP contribution is 2.09. The largest absolute Gasteiger partial charge is 0.354 e. The molecule has 0 aromatic carbocycles. The van der Waals surface area contributed by atoms with E-state index in [4.69, 9.17) is 0 Å². The number of hydrogen-bond donors (Lipinski definition) is 2. The molecule has 2 aliphatic heterocycles. The standard InChI is InChI=1S/C15H30N4O/c1-3-18-7-9-19(10-8-18)13(2)12-17-15(20)11-14-5-4-6-16-14/h13-14,16H,3-12H2,1-2H3,(H,17,20). The fourth-order valence-electron chi connectivity index (χ4n) is 3.14. The predicted molar refractivity (Wildman–Crippen MR) is 81.8 cm³/mol. The molecule has 0 saturated carbocycles. The van der Waals surface area contributed by atoms with Crippen LogP contribution in [0.4, 0.5) is 0 Å². The van der Waals surface area contributed by atoms with Gasteiger partial charge < -0.3 is 15.5 Å². The van der Waals surface area contributed by atoms with Crippen molar-refractivity contribution in [1.82, 2.24) is 20.4 Å². The van der Waals surface area contributed by atoms with Crippen LogP contribution in [0.5, 0.6) is 0 Å². The lowest BCUT2D eigenvalue weighted by molar-refractivity contribution is -0.121. The van der Waals surface area contributed by atoms with Gasteiger partial charge in [-0.25, -0.2) is 0 Å². The summed E-state index contributed by atoms with van der Waals surface area (Å²) in [6.45, 7) is 12.0. The quantitative estimate of drug-likeness (QED) is 0.734. The molecule has 2 aliphatic rings. The van der Waals surface area contributed by atoms with E-state index in [1.807, 2.05) is 0 Å². The number of amides is 1. The minimum atomic E-state index is 0.198. The Morgan fingerprint density at radius 3 is 2.70 bits per heavy atom. The van der Waals surface area contributed by atoms with E-state index in [0.29, 0.717) is 18.5 Å². The van der Waals surface area contributed by atoms with Gasteiger partial charge in [0.25, 0.3) is 0 Å². The highest BCUT2D eigenvalue weighted by molar-refractivity contribution is 5.76. The van der Waals surface area contributed by atoms with Gasteiger partial charge in [0.2, 0.25) is 5.91 Å². The first-order valence-electron chi connectivity index (χ1n) is 8.15. The molecule has 20 heavy (non-hydrogen) atoms. The lowest BCUT2D eigenvalue weighted by Gasteiger charge is -2.37. The Labute approximate surface area is 123 Å². The number of carbonyl (C=O) groups excluding carboxylic acids is 1. The second kappa shape index (κ2) is 7.96. The van der Waals surface area contributed by atoms with Gasteiger partial charge in [0.05, 0.1) is 0 Å². The Balaban J connectivity index is 1.61. The molecular weight excluding hydrogens is 252 g/mol. The smallest absolute Gasteiger partial charge is 0.221 e. The van der Waals surface area contributed by atoms with E-state index in [0.717, 1.165) is 52.2 Å². The Morgan fingerprint density at radius 1 is 1.35 bits per heavy atom. The molecule has 1 amide bonds. The Hall–Kier alpha value is -0.650. The number of rotatable bonds is 6. The number of piperazine rings is 1. The summed E-state index contributed by atoms with van der Waals surface area (Å²) in [4.78, 5) is 16.9. The maximum Gasteiger partial charge on any atom is 0.221 e. The van der Waals surface area contributed by atoms with Crippen LogP contribution in [0.25, 0.3) is 0 Å². The van der Waals surface area contributed by atoms with Gasteiger partial charge in [-0.1, -0.05) is 6.92 Å². The molecule has 0 aliphatic carbocycles. The maximum atomic E-state index is 11.9. The SMILES string of the molecule is CCN1CCN(C(C)CNC(=O)CC2CCCN2)CC1. The second-order valence-corrected chi connectivity index (χ2v) is 6.12. The molecule has 0 aromatic rings. The summed E-state index contributed by atoms with van der Waals surface area (Å²) in [5.41, 5.74) is 0. The highest BCUT2D eigenvalue weighted by Gasteiger charge is 2.21. The van der Waals surface area contributed by atoms with Gasteiger partial charge in [-0.15, -0.1) is 0 Å². The number of likely N-dealkylation sites (N-methyl/N-ethyl adjacent to an activating group) is 1. The van der Waals surface area contributed by atoms with E-state index in [-0.39, 0.29) is 5.91 Å². The molecule has 5 heteroatoms. The monoisotopic (exact) mass is 282 g/mol. The zero-order valence-corrected chi connectivity index (χ0v) is 13.0. The number of carbonyl (C=O) groups is 1. The zero-order valence-electron chi connectivity index (χ0n) is 13.0. The molecule has 2 N–H and O–H groups in total. The molecule has 0 aromatic heterocycles. The van der Waals surface area contributed by atoms with E-state index in [1.165, 1.54) is 6.42 Å². The Bertz CT molecular complexity index is 296. The van der Waals surface area contributed by atoms with E-state index >= 15 is 0 Å². The first-order valence-corrected chi connectivity index (χ1v) is 8.15. The summed E-state index contributed by atoms with van der Waals surface area (Å²) in [7, 11) is 0. The van der Waals surface area contributed by atoms with Crippen molar-refractivity contribution in [2.24, 2.45) is 0 Å². The normalized spacial score (nSPS) is 26.6. The molecule has 0 spiro atoms. The first-order chi connectivity index (χ1) is 9.69. The number of hydrogen-bond acceptors (Lipinski definition) is 4. The summed E-state index contributed by atoms with van der Waals surface area (Å²) in [6.07, 6.45) is 2.98. The summed E-state index contributed by atoms with van der Waals surface area (Å²) < 4.78 is 0. The van der Waals surface area contributed by atoms with Crippen molar-refractivity contribution in [3.63, 3.8) is 0 Å². The van der Waals surface area contributed by atoms with Gasteiger partial charge >= 0.3 is 0 Å². The van der Waals surface area contributed by atoms with Crippen LogP contribution in [-0.4, -0.2) is 73.6 Å². The van der Waals surface area contributed by atoms with Gasteiger partial charge in [-0.05, 0) is 32.9 Å². The molecule has 2 heterocycles. The molecule has 2 saturated heterocycles. The van der Waals surface area contributed by atoms with Crippen LogP contribution in [0.2, 0.25) is 0 Å². The molecule has 5 nitrogen and oxygen atoms in total. The Morgan fingerprint density at radius 2 is 2.10 bits per heavy atom. The van der Waals surface area contributed by atoms with Gasteiger partial charge in [-0.2, -0.15) is 0 Å². The van der Waals surface area contributed by atoms with Crippen LogP contribution < -0.4 is 10.6 Å². The average Bonchev–Trinajstić information content (AvgIpc) is 2.97. The third-order valence-electron chi connectivity index (χ3n) is 4.67. The lowest BCUT2D eigenvalue weighted by Crippen LogP contribution is -2.52. The highest BCUT2D eigenvalue weighted by atomic mass is 16.1. The van der Waals surface area contributed by atoms with Crippen molar-refractivity contribution >= 4 is 5.91 Å². The molecule has 116 valence electrons. The van der Waals surface area contributed by atoms with E-state index < -0.39 is 0 Å². The van der Waals surface area contributed by atoms with E-state index in [1.54, 1.807) is 0 Å². The molecule has 2 unspecified atom stereocenters. The first kappa shape index (κ1) is 15.7. The molecule has 0 bridgehead atoms. The third kappa shape index (κ3) is 4.72. The second-order valence-electron chi connectivity index (χ2n) is 6.12. The van der Waals surface area contributed by atoms with Crippen LogP contribution >= 0.6 is 0 Å². The maximum absolute atomic E-state index is 11.9. The van der Waals surface area contributed by atoms with Crippen molar-refractivity contribution in [3.05, 3.63) is 0 Å². The van der Waals surface area contributed by atoms with Crippen molar-refractivity contribution in [2.75, 3.05) is 45.8 Å². The minimum Gasteiger partial charge on any atom is -0.354 e. The van der Waals surface area contributed by atoms with Crippen LogP contribution in [-0.2, 0) is 4.79 Å². The van der Waals surface area contributed by atoms with Crippen LogP contribution in [0.1, 0.15) is 33.1 Å². The van der Waals surface area contributed by atoms with Crippen LogP contribution in [0, 0.1) is 0 Å². The number of nitrogens with one attached hydrogen (secondary N) is 2. The molecule has 2 rings (SSSR count). The van der Waals surface area contributed by atoms with Gasteiger partial charge in [0.1, 0.15) is 0 Å². The van der Waals surface area contributed by atoms with Gasteiger partial charge in [-0.3, -0.25) is 9.69 Å². The fourth-order valence-corrected chi connectivity index (χ4v) is 3.14. The fraction of sp³-hybridized carbons (Fsp3) is 0.933. The van der Waals surface area contributed by atoms with Crippen LogP contribution in [0.3, 0.4) is 0 Å². The molecular formula is C15H30N4O. The van der Waals surface area contributed by atoms with Crippen molar-refractivity contribution < 1.29 is 4.79 Å². The molecule has 0 radical (unpaired) electrons. The van der Waals surface area contributed by atoms with Crippen molar-refractivity contribution in [3.8, 4) is 0 Å². The zero-order chi connectivity index (χ0) is 14.4. The lowest BCUT2D eigenvalue weighted by atomic mass is 10.1. The topological polar surface area (TPSA) is 47.6 Å². The van der Waals surface area contributed by atoms with E-state index in [2.05, 4.69) is 34.3 Å². The van der Waals surface area contributed by atoms with Crippen molar-refractivity contribution in [2.45, 2.75) is 45.2 Å². The summed E-state index contributed by atoms with van der Waals surface area (Å²) in [5, 5.41) is 6.47. The summed E-state index contributed by atoms with van der Waals surface area (Å²) in [6, 6.07) is 0.841. The van der Waals surface area contributed by atoms with E-state index in [9.17, 15) is 4.79 Å². The molecule has 2 fully saturated rings. The van der Waals surface area contributed by atoms with Gasteiger partial charge in [0, 0.05) is 51.2 Å². The molecule has 2 atom stereocenters. The predicted octanol–water partition coefficient (Wildman–Crippen LogP) is 0.271. The summed E-state index contributed by atoms with van der Waals surface area (Å²) >= 11 is 0. The average molecular weight is 282 g/mol. The third-order valence-corrected chi connectivity index (χ3v) is 4.67. The Kier molecular flexibility index (Phi) is 6.26.